The lowest BCUT2D eigenvalue weighted by Gasteiger charge is -2.36. The minimum atomic E-state index is -3.15. The minimum absolute atomic E-state index is 0.0780. The monoisotopic (exact) mass is 305 g/mol. The van der Waals surface area contributed by atoms with E-state index in [2.05, 4.69) is 5.32 Å². The molecule has 1 heterocycles. The van der Waals surface area contributed by atoms with Crippen molar-refractivity contribution in [1.82, 2.24) is 10.2 Å². The van der Waals surface area contributed by atoms with Gasteiger partial charge >= 0.3 is 0 Å². The molecule has 0 aromatic heterocycles. The number of amides is 2. The van der Waals surface area contributed by atoms with Crippen LogP contribution in [0.5, 0.6) is 0 Å². The van der Waals surface area contributed by atoms with Crippen molar-refractivity contribution in [2.24, 2.45) is 5.73 Å². The van der Waals surface area contributed by atoms with Crippen molar-refractivity contribution in [2.45, 2.75) is 37.8 Å². The van der Waals surface area contributed by atoms with E-state index in [1.54, 1.807) is 0 Å². The number of piperidine rings is 1. The average molecular weight is 305 g/mol. The molecule has 3 N–H and O–H groups in total. The van der Waals surface area contributed by atoms with Crippen LogP contribution in [0.25, 0.3) is 0 Å². The summed E-state index contributed by atoms with van der Waals surface area (Å²) in [5.41, 5.74) is 5.77. The van der Waals surface area contributed by atoms with Crippen molar-refractivity contribution in [2.75, 3.05) is 25.6 Å². The molecule has 1 aliphatic rings. The van der Waals surface area contributed by atoms with Crippen LogP contribution in [0.15, 0.2) is 0 Å². The summed E-state index contributed by atoms with van der Waals surface area (Å²) in [5.74, 6) is -0.673. The SMILES string of the molecule is CNC(=O)C1CCCCN1C(=O)C(N)CCS(C)(=O)=O. The standard InChI is InChI=1S/C12H23N3O4S/c1-14-11(16)10-5-3-4-7-15(10)12(17)9(13)6-8-20(2,18)19/h9-10H,3-8,13H2,1-2H3,(H,14,16). The molecule has 0 saturated carbocycles. The molecule has 20 heavy (non-hydrogen) atoms. The van der Waals surface area contributed by atoms with E-state index in [-0.39, 0.29) is 24.0 Å². The fraction of sp³-hybridized carbons (Fsp3) is 0.833. The molecule has 1 rings (SSSR count). The first-order valence-corrected chi connectivity index (χ1v) is 8.77. The molecule has 1 fully saturated rings. The molecule has 7 nitrogen and oxygen atoms in total. The van der Waals surface area contributed by atoms with E-state index in [1.807, 2.05) is 0 Å². The summed E-state index contributed by atoms with van der Waals surface area (Å²) in [6.07, 6.45) is 3.52. The molecule has 0 bridgehead atoms. The molecular weight excluding hydrogens is 282 g/mol. The molecule has 0 aliphatic carbocycles. The number of carbonyl (C=O) groups excluding carboxylic acids is 2. The van der Waals surface area contributed by atoms with Gasteiger partial charge in [-0.25, -0.2) is 8.42 Å². The van der Waals surface area contributed by atoms with Gasteiger partial charge in [0.1, 0.15) is 15.9 Å². The van der Waals surface area contributed by atoms with E-state index in [0.717, 1.165) is 19.1 Å². The second kappa shape index (κ2) is 7.03. The lowest BCUT2D eigenvalue weighted by atomic mass is 10.00. The van der Waals surface area contributed by atoms with Gasteiger partial charge in [0.25, 0.3) is 0 Å². The second-order valence-electron chi connectivity index (χ2n) is 5.18. The second-order valence-corrected chi connectivity index (χ2v) is 7.44. The predicted octanol–water partition coefficient (Wildman–Crippen LogP) is -1.12. The van der Waals surface area contributed by atoms with Crippen molar-refractivity contribution >= 4 is 21.7 Å². The van der Waals surface area contributed by atoms with Crippen molar-refractivity contribution in [3.8, 4) is 0 Å². The zero-order valence-electron chi connectivity index (χ0n) is 12.0. The summed E-state index contributed by atoms with van der Waals surface area (Å²) in [4.78, 5) is 25.5. The van der Waals surface area contributed by atoms with Gasteiger partial charge < -0.3 is 16.0 Å². The number of likely N-dealkylation sites (tertiary alicyclic amines) is 1. The van der Waals surface area contributed by atoms with Crippen molar-refractivity contribution in [3.63, 3.8) is 0 Å². The number of hydrogen-bond donors (Lipinski definition) is 2. The quantitative estimate of drug-likeness (QED) is 0.668. The molecule has 0 spiro atoms. The van der Waals surface area contributed by atoms with Crippen LogP contribution < -0.4 is 11.1 Å². The van der Waals surface area contributed by atoms with Gasteiger partial charge in [0.15, 0.2) is 0 Å². The molecular formula is C12H23N3O4S. The normalized spacial score (nSPS) is 21.4. The number of nitrogens with one attached hydrogen (secondary N) is 1. The van der Waals surface area contributed by atoms with E-state index in [0.29, 0.717) is 13.0 Å². The van der Waals surface area contributed by atoms with Gasteiger partial charge in [0, 0.05) is 19.8 Å². The highest BCUT2D eigenvalue weighted by molar-refractivity contribution is 7.90. The highest BCUT2D eigenvalue weighted by Gasteiger charge is 2.33. The molecule has 116 valence electrons. The topological polar surface area (TPSA) is 110 Å². The zero-order valence-corrected chi connectivity index (χ0v) is 12.8. The first-order valence-electron chi connectivity index (χ1n) is 6.71. The lowest BCUT2D eigenvalue weighted by Crippen LogP contribution is -2.55. The lowest BCUT2D eigenvalue weighted by molar-refractivity contribution is -0.143. The number of hydrogen-bond acceptors (Lipinski definition) is 5. The summed E-state index contributed by atoms with van der Waals surface area (Å²) in [7, 11) is -1.62. The maximum atomic E-state index is 12.3. The summed E-state index contributed by atoms with van der Waals surface area (Å²) in [5, 5.41) is 2.55. The highest BCUT2D eigenvalue weighted by atomic mass is 32.2. The van der Waals surface area contributed by atoms with E-state index in [1.165, 1.54) is 11.9 Å². The molecule has 0 aromatic carbocycles. The van der Waals surface area contributed by atoms with Crippen molar-refractivity contribution in [1.29, 1.82) is 0 Å². The number of sulfone groups is 1. The van der Waals surface area contributed by atoms with Crippen LogP contribution in [0.1, 0.15) is 25.7 Å². The number of carbonyl (C=O) groups is 2. The fourth-order valence-electron chi connectivity index (χ4n) is 2.31. The Labute approximate surface area is 119 Å². The molecule has 8 heteroatoms. The molecule has 2 amide bonds. The van der Waals surface area contributed by atoms with Crippen molar-refractivity contribution in [3.05, 3.63) is 0 Å². The van der Waals surface area contributed by atoms with Crippen LogP contribution in [0.4, 0.5) is 0 Å². The molecule has 2 unspecified atom stereocenters. The Balaban J connectivity index is 2.69. The molecule has 2 atom stereocenters. The third-order valence-corrected chi connectivity index (χ3v) is 4.43. The minimum Gasteiger partial charge on any atom is -0.357 e. The van der Waals surface area contributed by atoms with Gasteiger partial charge in [0.2, 0.25) is 11.8 Å². The van der Waals surface area contributed by atoms with Gasteiger partial charge in [0.05, 0.1) is 11.8 Å². The van der Waals surface area contributed by atoms with Crippen LogP contribution in [0.2, 0.25) is 0 Å². The predicted molar refractivity (Wildman–Crippen MR) is 75.7 cm³/mol. The third-order valence-electron chi connectivity index (χ3n) is 3.45. The van der Waals surface area contributed by atoms with E-state index < -0.39 is 21.9 Å². The average Bonchev–Trinajstić information content (AvgIpc) is 2.42. The van der Waals surface area contributed by atoms with E-state index in [4.69, 9.17) is 5.73 Å². The summed E-state index contributed by atoms with van der Waals surface area (Å²) in [6.45, 7) is 0.490. The number of nitrogens with two attached hydrogens (primary N) is 1. The van der Waals surface area contributed by atoms with Crippen LogP contribution in [-0.2, 0) is 19.4 Å². The van der Waals surface area contributed by atoms with Gasteiger partial charge in [-0.05, 0) is 25.7 Å². The Morgan fingerprint density at radius 1 is 1.40 bits per heavy atom. The maximum Gasteiger partial charge on any atom is 0.242 e. The first-order chi connectivity index (χ1) is 9.26. The summed E-state index contributed by atoms with van der Waals surface area (Å²) < 4.78 is 22.2. The number of nitrogens with zero attached hydrogens (tertiary/aromatic N) is 1. The van der Waals surface area contributed by atoms with Gasteiger partial charge in [-0.3, -0.25) is 9.59 Å². The van der Waals surface area contributed by atoms with Gasteiger partial charge in [-0.2, -0.15) is 0 Å². The third kappa shape index (κ3) is 4.75. The first kappa shape index (κ1) is 16.9. The Morgan fingerprint density at radius 3 is 2.60 bits per heavy atom. The largest absolute Gasteiger partial charge is 0.357 e. The van der Waals surface area contributed by atoms with Crippen LogP contribution in [0, 0.1) is 0 Å². The molecule has 0 radical (unpaired) electrons. The molecule has 0 aromatic rings. The summed E-state index contributed by atoms with van der Waals surface area (Å²) >= 11 is 0. The molecule has 1 saturated heterocycles. The maximum absolute atomic E-state index is 12.3. The van der Waals surface area contributed by atoms with Crippen molar-refractivity contribution < 1.29 is 18.0 Å². The summed E-state index contributed by atoms with van der Waals surface area (Å²) in [6, 6.07) is -1.37. The molecule has 1 aliphatic heterocycles. The fourth-order valence-corrected chi connectivity index (χ4v) is 2.99. The van der Waals surface area contributed by atoms with Crippen LogP contribution >= 0.6 is 0 Å². The van der Waals surface area contributed by atoms with Crippen LogP contribution in [0.3, 0.4) is 0 Å². The Kier molecular flexibility index (Phi) is 5.94. The Bertz CT molecular complexity index is 463. The Morgan fingerprint density at radius 2 is 2.05 bits per heavy atom. The van der Waals surface area contributed by atoms with E-state index >= 15 is 0 Å². The van der Waals surface area contributed by atoms with Gasteiger partial charge in [-0.1, -0.05) is 0 Å². The van der Waals surface area contributed by atoms with Gasteiger partial charge in [-0.15, -0.1) is 0 Å². The number of rotatable bonds is 5. The van der Waals surface area contributed by atoms with E-state index in [9.17, 15) is 18.0 Å². The number of likely N-dealkylation sites (N-methyl/N-ethyl adjacent to an activating group) is 1. The van der Waals surface area contributed by atoms with Crippen LogP contribution in [-0.4, -0.2) is 62.8 Å². The Hall–Kier alpha value is -1.15. The highest BCUT2D eigenvalue weighted by Crippen LogP contribution is 2.18. The smallest absolute Gasteiger partial charge is 0.242 e. The zero-order chi connectivity index (χ0) is 15.3.